The van der Waals surface area contributed by atoms with Crippen molar-refractivity contribution in [3.63, 3.8) is 0 Å². The van der Waals surface area contributed by atoms with Crippen LogP contribution in [0.5, 0.6) is 0 Å². The molecule has 2 aromatic heterocycles. The fourth-order valence-electron chi connectivity index (χ4n) is 3.45. The van der Waals surface area contributed by atoms with Crippen molar-refractivity contribution in [1.82, 2.24) is 19.4 Å². The summed E-state index contributed by atoms with van der Waals surface area (Å²) in [7, 11) is 1.96. The van der Waals surface area contributed by atoms with Crippen molar-refractivity contribution in [2.75, 3.05) is 13.1 Å². The Labute approximate surface area is 140 Å². The summed E-state index contributed by atoms with van der Waals surface area (Å²) in [6, 6.07) is 11.8. The fraction of sp³-hybridized carbons (Fsp3) is 0.316. The van der Waals surface area contributed by atoms with Crippen molar-refractivity contribution >= 4 is 16.9 Å². The molecule has 24 heavy (non-hydrogen) atoms. The van der Waals surface area contributed by atoms with Crippen LogP contribution >= 0.6 is 0 Å². The fourth-order valence-corrected chi connectivity index (χ4v) is 3.45. The third-order valence-electron chi connectivity index (χ3n) is 4.77. The van der Waals surface area contributed by atoms with E-state index in [1.165, 1.54) is 0 Å². The van der Waals surface area contributed by atoms with Crippen molar-refractivity contribution < 1.29 is 4.79 Å². The molecule has 1 aromatic carbocycles. The predicted octanol–water partition coefficient (Wildman–Crippen LogP) is 2.67. The molecule has 3 heterocycles. The molecule has 0 N–H and O–H groups in total. The maximum Gasteiger partial charge on any atom is 0.253 e. The zero-order chi connectivity index (χ0) is 16.5. The molecule has 1 unspecified atom stereocenters. The summed E-state index contributed by atoms with van der Waals surface area (Å²) in [6.07, 6.45) is 5.57. The topological polar surface area (TPSA) is 51.0 Å². The molecule has 5 nitrogen and oxygen atoms in total. The summed E-state index contributed by atoms with van der Waals surface area (Å²) >= 11 is 0. The lowest BCUT2D eigenvalue weighted by Gasteiger charge is -2.16. The molecule has 0 aliphatic carbocycles. The van der Waals surface area contributed by atoms with Gasteiger partial charge < -0.3 is 9.47 Å². The smallest absolute Gasteiger partial charge is 0.253 e. The SMILES string of the molecule is Cn1cnc2cc(C(=O)N3CCC(Cc4ccccn4)C3)ccc21. The summed E-state index contributed by atoms with van der Waals surface area (Å²) in [4.78, 5) is 23.5. The average Bonchev–Trinajstić information content (AvgIpc) is 3.22. The molecule has 1 atom stereocenters. The number of likely N-dealkylation sites (tertiary alicyclic amines) is 1. The van der Waals surface area contributed by atoms with E-state index in [4.69, 9.17) is 0 Å². The Hall–Kier alpha value is -2.69. The van der Waals surface area contributed by atoms with E-state index in [-0.39, 0.29) is 5.91 Å². The van der Waals surface area contributed by atoms with Crippen LogP contribution in [0.1, 0.15) is 22.5 Å². The Balaban J connectivity index is 1.46. The van der Waals surface area contributed by atoms with E-state index in [9.17, 15) is 4.79 Å². The first-order chi connectivity index (χ1) is 11.7. The molecule has 0 radical (unpaired) electrons. The number of fused-ring (bicyclic) bond motifs is 1. The lowest BCUT2D eigenvalue weighted by molar-refractivity contribution is 0.0787. The second-order valence-corrected chi connectivity index (χ2v) is 6.49. The molecule has 1 aliphatic heterocycles. The standard InChI is InChI=1S/C19H20N4O/c1-22-13-21-17-11-15(5-6-18(17)22)19(24)23-9-7-14(12-23)10-16-4-2-3-8-20-16/h2-6,8,11,13-14H,7,9-10,12H2,1H3. The number of carbonyl (C=O) groups is 1. The summed E-state index contributed by atoms with van der Waals surface area (Å²) in [5, 5.41) is 0. The Morgan fingerprint density at radius 3 is 3.00 bits per heavy atom. The number of amides is 1. The van der Waals surface area contributed by atoms with Gasteiger partial charge in [0.15, 0.2) is 0 Å². The van der Waals surface area contributed by atoms with Crippen LogP contribution in [-0.4, -0.2) is 38.4 Å². The van der Waals surface area contributed by atoms with E-state index in [2.05, 4.69) is 16.0 Å². The van der Waals surface area contributed by atoms with Crippen LogP contribution in [0, 0.1) is 5.92 Å². The zero-order valence-corrected chi connectivity index (χ0v) is 13.7. The van der Waals surface area contributed by atoms with Gasteiger partial charge in [0, 0.05) is 37.6 Å². The number of carbonyl (C=O) groups excluding carboxylic acids is 1. The van der Waals surface area contributed by atoms with E-state index in [0.29, 0.717) is 5.92 Å². The van der Waals surface area contributed by atoms with Crippen molar-refractivity contribution in [3.05, 3.63) is 60.2 Å². The Kier molecular flexibility index (Phi) is 3.76. The molecule has 1 aliphatic rings. The minimum absolute atomic E-state index is 0.103. The normalized spacial score (nSPS) is 17.5. The lowest BCUT2D eigenvalue weighted by Crippen LogP contribution is -2.29. The van der Waals surface area contributed by atoms with Gasteiger partial charge in [-0.2, -0.15) is 0 Å². The number of aryl methyl sites for hydroxylation is 1. The molecular formula is C19H20N4O. The highest BCUT2D eigenvalue weighted by molar-refractivity contribution is 5.97. The Bertz CT molecular complexity index is 871. The summed E-state index contributed by atoms with van der Waals surface area (Å²) in [6.45, 7) is 1.62. The number of nitrogens with zero attached hydrogens (tertiary/aromatic N) is 4. The number of aromatic nitrogens is 3. The molecule has 1 fully saturated rings. The molecule has 122 valence electrons. The van der Waals surface area contributed by atoms with E-state index in [0.717, 1.165) is 48.2 Å². The summed E-state index contributed by atoms with van der Waals surface area (Å²) in [5.41, 5.74) is 3.74. The third kappa shape index (κ3) is 2.77. The van der Waals surface area contributed by atoms with Crippen molar-refractivity contribution in [2.45, 2.75) is 12.8 Å². The minimum Gasteiger partial charge on any atom is -0.338 e. The second-order valence-electron chi connectivity index (χ2n) is 6.49. The first kappa shape index (κ1) is 14.9. The average molecular weight is 320 g/mol. The number of imidazole rings is 1. The van der Waals surface area contributed by atoms with Gasteiger partial charge in [-0.05, 0) is 49.1 Å². The molecule has 1 saturated heterocycles. The van der Waals surface area contributed by atoms with E-state index < -0.39 is 0 Å². The van der Waals surface area contributed by atoms with Crippen LogP contribution in [0.2, 0.25) is 0 Å². The Morgan fingerprint density at radius 2 is 2.17 bits per heavy atom. The van der Waals surface area contributed by atoms with Gasteiger partial charge in [-0.25, -0.2) is 4.98 Å². The number of benzene rings is 1. The largest absolute Gasteiger partial charge is 0.338 e. The second kappa shape index (κ2) is 6.07. The van der Waals surface area contributed by atoms with Crippen molar-refractivity contribution in [1.29, 1.82) is 0 Å². The van der Waals surface area contributed by atoms with Gasteiger partial charge in [-0.1, -0.05) is 6.07 Å². The van der Waals surface area contributed by atoms with Gasteiger partial charge in [-0.3, -0.25) is 9.78 Å². The number of pyridine rings is 1. The predicted molar refractivity (Wildman–Crippen MR) is 92.7 cm³/mol. The summed E-state index contributed by atoms with van der Waals surface area (Å²) in [5.74, 6) is 0.591. The highest BCUT2D eigenvalue weighted by Gasteiger charge is 2.27. The van der Waals surface area contributed by atoms with Crippen LogP contribution < -0.4 is 0 Å². The van der Waals surface area contributed by atoms with Crippen LogP contribution in [0.4, 0.5) is 0 Å². The number of hydrogen-bond acceptors (Lipinski definition) is 3. The molecule has 0 bridgehead atoms. The van der Waals surface area contributed by atoms with Gasteiger partial charge in [-0.15, -0.1) is 0 Å². The molecule has 0 spiro atoms. The molecule has 4 rings (SSSR count). The number of rotatable bonds is 3. The number of hydrogen-bond donors (Lipinski definition) is 0. The van der Waals surface area contributed by atoms with Crippen molar-refractivity contribution in [3.8, 4) is 0 Å². The van der Waals surface area contributed by atoms with Gasteiger partial charge in [0.1, 0.15) is 0 Å². The zero-order valence-electron chi connectivity index (χ0n) is 13.7. The highest BCUT2D eigenvalue weighted by Crippen LogP contribution is 2.23. The van der Waals surface area contributed by atoms with Crippen LogP contribution in [0.15, 0.2) is 48.9 Å². The quantitative estimate of drug-likeness (QED) is 0.745. The van der Waals surface area contributed by atoms with Crippen LogP contribution in [0.25, 0.3) is 11.0 Å². The van der Waals surface area contributed by atoms with Gasteiger partial charge >= 0.3 is 0 Å². The monoisotopic (exact) mass is 320 g/mol. The Morgan fingerprint density at radius 1 is 1.25 bits per heavy atom. The molecule has 0 saturated carbocycles. The van der Waals surface area contributed by atoms with Crippen LogP contribution in [-0.2, 0) is 13.5 Å². The maximum absolute atomic E-state index is 12.8. The third-order valence-corrected chi connectivity index (χ3v) is 4.77. The highest BCUT2D eigenvalue weighted by atomic mass is 16.2. The molecule has 1 amide bonds. The first-order valence-electron chi connectivity index (χ1n) is 8.31. The molecule has 3 aromatic rings. The van der Waals surface area contributed by atoms with E-state index in [1.807, 2.05) is 53.0 Å². The van der Waals surface area contributed by atoms with Gasteiger partial charge in [0.2, 0.25) is 0 Å². The van der Waals surface area contributed by atoms with Gasteiger partial charge in [0.25, 0.3) is 5.91 Å². The summed E-state index contributed by atoms with van der Waals surface area (Å²) < 4.78 is 1.96. The maximum atomic E-state index is 12.8. The molecular weight excluding hydrogens is 300 g/mol. The van der Waals surface area contributed by atoms with Crippen LogP contribution in [0.3, 0.4) is 0 Å². The lowest BCUT2D eigenvalue weighted by atomic mass is 10.0. The minimum atomic E-state index is 0.103. The first-order valence-corrected chi connectivity index (χ1v) is 8.31. The van der Waals surface area contributed by atoms with E-state index in [1.54, 1.807) is 6.33 Å². The van der Waals surface area contributed by atoms with E-state index >= 15 is 0 Å². The van der Waals surface area contributed by atoms with Crippen molar-refractivity contribution in [2.24, 2.45) is 13.0 Å². The van der Waals surface area contributed by atoms with Gasteiger partial charge in [0.05, 0.1) is 17.4 Å². The molecule has 5 heteroatoms.